The molecule has 6 nitrogen and oxygen atoms in total. The third kappa shape index (κ3) is 2.36. The Bertz CT molecular complexity index is 928. The molecule has 128 valence electrons. The minimum absolute atomic E-state index is 0.199. The number of aromatic nitrogens is 3. The molecule has 2 aliphatic rings. The number of rotatable bonds is 2. The summed E-state index contributed by atoms with van der Waals surface area (Å²) in [5, 5.41) is 9.75. The van der Waals surface area contributed by atoms with E-state index in [4.69, 9.17) is 4.74 Å². The van der Waals surface area contributed by atoms with Crippen LogP contribution in [0.5, 0.6) is 5.75 Å². The van der Waals surface area contributed by atoms with Gasteiger partial charge in [-0.05, 0) is 24.5 Å². The number of anilines is 1. The van der Waals surface area contributed by atoms with Crippen LogP contribution in [-0.2, 0) is 6.42 Å². The fraction of sp³-hybridized carbons (Fsp3) is 0.368. The Balaban J connectivity index is 1.61. The average molecular weight is 336 g/mol. The van der Waals surface area contributed by atoms with Crippen LogP contribution in [0.2, 0.25) is 0 Å². The fourth-order valence-electron chi connectivity index (χ4n) is 3.82. The van der Waals surface area contributed by atoms with Crippen molar-refractivity contribution in [3.8, 4) is 17.0 Å². The number of hydrogen-bond acceptors (Lipinski definition) is 5. The Labute approximate surface area is 145 Å². The van der Waals surface area contributed by atoms with Gasteiger partial charge in [-0.2, -0.15) is 0 Å². The van der Waals surface area contributed by atoms with Crippen molar-refractivity contribution in [2.75, 3.05) is 24.6 Å². The molecule has 0 radical (unpaired) electrons. The maximum Gasteiger partial charge on any atom is 0.180 e. The normalized spacial score (nSPS) is 17.7. The SMILES string of the molecule is OC1CCN(c2nccn3c(-c4cccc5c4OCC5)cnc23)CC1. The Morgan fingerprint density at radius 1 is 1.16 bits per heavy atom. The van der Waals surface area contributed by atoms with Crippen molar-refractivity contribution in [3.63, 3.8) is 0 Å². The van der Waals surface area contributed by atoms with Gasteiger partial charge in [-0.3, -0.25) is 4.40 Å². The molecule has 3 aromatic rings. The number of aliphatic hydroxyl groups is 1. The Morgan fingerprint density at radius 2 is 2.04 bits per heavy atom. The van der Waals surface area contributed by atoms with E-state index in [2.05, 4.69) is 37.5 Å². The summed E-state index contributed by atoms with van der Waals surface area (Å²) >= 11 is 0. The van der Waals surface area contributed by atoms with Crippen LogP contribution in [0.25, 0.3) is 16.9 Å². The summed E-state index contributed by atoms with van der Waals surface area (Å²) in [6.45, 7) is 2.35. The van der Waals surface area contributed by atoms with E-state index in [-0.39, 0.29) is 6.10 Å². The number of benzene rings is 1. The first-order valence-corrected chi connectivity index (χ1v) is 8.81. The smallest absolute Gasteiger partial charge is 0.180 e. The van der Waals surface area contributed by atoms with Gasteiger partial charge < -0.3 is 14.7 Å². The zero-order chi connectivity index (χ0) is 16.8. The molecule has 0 amide bonds. The summed E-state index contributed by atoms with van der Waals surface area (Å²) in [5.41, 5.74) is 4.21. The molecule has 6 heteroatoms. The lowest BCUT2D eigenvalue weighted by Gasteiger charge is -2.30. The van der Waals surface area contributed by atoms with Gasteiger partial charge in [0, 0.05) is 37.5 Å². The molecule has 2 aromatic heterocycles. The van der Waals surface area contributed by atoms with Gasteiger partial charge in [0.05, 0.1) is 24.6 Å². The molecule has 4 heterocycles. The van der Waals surface area contributed by atoms with Crippen molar-refractivity contribution >= 4 is 11.5 Å². The average Bonchev–Trinajstić information content (AvgIpc) is 3.29. The highest BCUT2D eigenvalue weighted by atomic mass is 16.5. The zero-order valence-electron chi connectivity index (χ0n) is 13.9. The first-order chi connectivity index (χ1) is 12.3. The molecule has 2 aliphatic heterocycles. The number of hydrogen-bond donors (Lipinski definition) is 1. The molecule has 0 unspecified atom stereocenters. The molecular weight excluding hydrogens is 316 g/mol. The summed E-state index contributed by atoms with van der Waals surface area (Å²) in [5.74, 6) is 1.86. The molecular formula is C19H20N4O2. The summed E-state index contributed by atoms with van der Waals surface area (Å²) in [6.07, 6.45) is 7.98. The summed E-state index contributed by atoms with van der Waals surface area (Å²) < 4.78 is 7.95. The van der Waals surface area contributed by atoms with E-state index in [1.54, 1.807) is 0 Å². The molecule has 1 fully saturated rings. The van der Waals surface area contributed by atoms with Gasteiger partial charge in [-0.15, -0.1) is 0 Å². The second kappa shape index (κ2) is 5.74. The van der Waals surface area contributed by atoms with Crippen LogP contribution in [0.1, 0.15) is 18.4 Å². The fourth-order valence-corrected chi connectivity index (χ4v) is 3.82. The van der Waals surface area contributed by atoms with Crippen molar-refractivity contribution in [1.82, 2.24) is 14.4 Å². The summed E-state index contributed by atoms with van der Waals surface area (Å²) in [4.78, 5) is 11.4. The molecule has 0 aliphatic carbocycles. The highest BCUT2D eigenvalue weighted by Gasteiger charge is 2.23. The maximum atomic E-state index is 9.75. The van der Waals surface area contributed by atoms with Crippen LogP contribution in [-0.4, -0.2) is 45.3 Å². The van der Waals surface area contributed by atoms with Gasteiger partial charge in [-0.25, -0.2) is 9.97 Å². The first-order valence-electron chi connectivity index (χ1n) is 8.81. The van der Waals surface area contributed by atoms with Crippen LogP contribution in [0, 0.1) is 0 Å². The second-order valence-electron chi connectivity index (χ2n) is 6.70. The highest BCUT2D eigenvalue weighted by molar-refractivity contribution is 5.75. The van der Waals surface area contributed by atoms with Gasteiger partial charge in [-0.1, -0.05) is 12.1 Å². The number of aliphatic hydroxyl groups excluding tert-OH is 1. The van der Waals surface area contributed by atoms with Crippen LogP contribution in [0.3, 0.4) is 0 Å². The lowest BCUT2D eigenvalue weighted by molar-refractivity contribution is 0.145. The maximum absolute atomic E-state index is 9.75. The number of imidazole rings is 1. The molecule has 0 atom stereocenters. The van der Waals surface area contributed by atoms with Gasteiger partial charge in [0.2, 0.25) is 0 Å². The van der Waals surface area contributed by atoms with E-state index in [0.29, 0.717) is 0 Å². The van der Waals surface area contributed by atoms with Gasteiger partial charge in [0.1, 0.15) is 5.75 Å². The van der Waals surface area contributed by atoms with Crippen LogP contribution in [0.15, 0.2) is 36.8 Å². The van der Waals surface area contributed by atoms with Crippen molar-refractivity contribution in [2.24, 2.45) is 0 Å². The Kier molecular flexibility index (Phi) is 3.38. The van der Waals surface area contributed by atoms with Crippen LogP contribution < -0.4 is 9.64 Å². The standard InChI is InChI=1S/C19H20N4O2/c24-14-4-8-22(9-5-14)18-19-21-12-16(23(19)10-7-20-18)15-3-1-2-13-6-11-25-17(13)15/h1-3,7,10,12,14,24H,4-6,8-9,11H2. The lowest BCUT2D eigenvalue weighted by atomic mass is 10.1. The lowest BCUT2D eigenvalue weighted by Crippen LogP contribution is -2.36. The molecule has 1 N–H and O–H groups in total. The topological polar surface area (TPSA) is 62.9 Å². The van der Waals surface area contributed by atoms with Gasteiger partial charge >= 0.3 is 0 Å². The number of fused-ring (bicyclic) bond motifs is 2. The predicted molar refractivity (Wildman–Crippen MR) is 95.1 cm³/mol. The van der Waals surface area contributed by atoms with Gasteiger partial charge in [0.25, 0.3) is 0 Å². The largest absolute Gasteiger partial charge is 0.492 e. The predicted octanol–water partition coefficient (Wildman–Crippen LogP) is 2.29. The zero-order valence-corrected chi connectivity index (χ0v) is 13.9. The van der Waals surface area contributed by atoms with Crippen molar-refractivity contribution in [3.05, 3.63) is 42.4 Å². The third-order valence-electron chi connectivity index (χ3n) is 5.16. The minimum Gasteiger partial charge on any atom is -0.492 e. The van der Waals surface area contributed by atoms with Gasteiger partial charge in [0.15, 0.2) is 11.5 Å². The Hall–Kier alpha value is -2.60. The second-order valence-corrected chi connectivity index (χ2v) is 6.70. The molecule has 5 rings (SSSR count). The van der Waals surface area contributed by atoms with E-state index in [1.807, 2.05) is 18.6 Å². The summed E-state index contributed by atoms with van der Waals surface area (Å²) in [6, 6.07) is 6.29. The highest BCUT2D eigenvalue weighted by Crippen LogP contribution is 2.37. The number of nitrogens with zero attached hydrogens (tertiary/aromatic N) is 4. The van der Waals surface area contributed by atoms with E-state index in [0.717, 1.165) is 67.4 Å². The number of piperidine rings is 1. The van der Waals surface area contributed by atoms with Crippen molar-refractivity contribution in [1.29, 1.82) is 0 Å². The number of para-hydroxylation sites is 1. The number of ether oxygens (including phenoxy) is 1. The van der Waals surface area contributed by atoms with E-state index >= 15 is 0 Å². The monoisotopic (exact) mass is 336 g/mol. The van der Waals surface area contributed by atoms with E-state index < -0.39 is 0 Å². The third-order valence-corrected chi connectivity index (χ3v) is 5.16. The van der Waals surface area contributed by atoms with Crippen LogP contribution in [0.4, 0.5) is 5.82 Å². The molecule has 0 saturated carbocycles. The first kappa shape index (κ1) is 14.7. The Morgan fingerprint density at radius 3 is 2.92 bits per heavy atom. The molecule has 25 heavy (non-hydrogen) atoms. The van der Waals surface area contributed by atoms with Crippen molar-refractivity contribution in [2.45, 2.75) is 25.4 Å². The minimum atomic E-state index is -0.199. The van der Waals surface area contributed by atoms with Crippen LogP contribution >= 0.6 is 0 Å². The van der Waals surface area contributed by atoms with E-state index in [9.17, 15) is 5.11 Å². The molecule has 1 saturated heterocycles. The molecule has 1 aromatic carbocycles. The summed E-state index contributed by atoms with van der Waals surface area (Å²) in [7, 11) is 0. The van der Waals surface area contributed by atoms with E-state index in [1.165, 1.54) is 5.56 Å². The van der Waals surface area contributed by atoms with Crippen molar-refractivity contribution < 1.29 is 9.84 Å². The molecule has 0 bridgehead atoms. The molecule has 0 spiro atoms. The quantitative estimate of drug-likeness (QED) is 0.778.